The summed E-state index contributed by atoms with van der Waals surface area (Å²) >= 11 is 1.59. The van der Waals surface area contributed by atoms with Crippen LogP contribution in [0.15, 0.2) is 10.4 Å². The van der Waals surface area contributed by atoms with Crippen LogP contribution >= 0.6 is 11.3 Å². The fourth-order valence-electron chi connectivity index (χ4n) is 0.994. The summed E-state index contributed by atoms with van der Waals surface area (Å²) in [5.74, 6) is 0.837. The van der Waals surface area contributed by atoms with Crippen molar-refractivity contribution in [2.75, 3.05) is 18.4 Å². The second kappa shape index (κ2) is 3.10. The molecule has 2 rings (SSSR count). The highest BCUT2D eigenvalue weighted by molar-refractivity contribution is 7.13. The summed E-state index contributed by atoms with van der Waals surface area (Å²) in [5, 5.41) is 9.14. The number of hydrogen-bond acceptors (Lipinski definition) is 5. The summed E-state index contributed by atoms with van der Waals surface area (Å²) in [6.07, 6.45) is 0. The summed E-state index contributed by atoms with van der Waals surface area (Å²) in [4.78, 5) is 8.46. The molecule has 0 amide bonds. The maximum absolute atomic E-state index is 4.26. The SMILES string of the molecule is Cc1csc(NC2=NCCN2)n1. The molecule has 1 aliphatic rings. The summed E-state index contributed by atoms with van der Waals surface area (Å²) in [5.41, 5.74) is 1.04. The predicted octanol–water partition coefficient (Wildman–Crippen LogP) is 0.823. The molecule has 12 heavy (non-hydrogen) atoms. The second-order valence-electron chi connectivity index (χ2n) is 2.58. The zero-order valence-corrected chi connectivity index (χ0v) is 7.61. The summed E-state index contributed by atoms with van der Waals surface area (Å²) in [7, 11) is 0. The van der Waals surface area contributed by atoms with E-state index in [4.69, 9.17) is 0 Å². The molecule has 0 fully saturated rings. The number of anilines is 1. The van der Waals surface area contributed by atoms with Gasteiger partial charge >= 0.3 is 0 Å². The van der Waals surface area contributed by atoms with Crippen LogP contribution in [-0.2, 0) is 0 Å². The van der Waals surface area contributed by atoms with Crippen LogP contribution in [0, 0.1) is 6.92 Å². The topological polar surface area (TPSA) is 49.3 Å². The first-order valence-corrected chi connectivity index (χ1v) is 4.70. The third-order valence-electron chi connectivity index (χ3n) is 1.52. The van der Waals surface area contributed by atoms with Gasteiger partial charge in [0.2, 0.25) is 0 Å². The number of hydrogen-bond donors (Lipinski definition) is 2. The lowest BCUT2D eigenvalue weighted by molar-refractivity contribution is 0.959. The van der Waals surface area contributed by atoms with E-state index in [0.717, 1.165) is 29.9 Å². The van der Waals surface area contributed by atoms with Gasteiger partial charge in [-0.15, -0.1) is 11.3 Å². The normalized spacial score (nSPS) is 15.6. The molecule has 0 saturated heterocycles. The number of nitrogens with one attached hydrogen (secondary N) is 2. The van der Waals surface area contributed by atoms with Gasteiger partial charge < -0.3 is 10.6 Å². The smallest absolute Gasteiger partial charge is 0.197 e. The van der Waals surface area contributed by atoms with Gasteiger partial charge in [-0.1, -0.05) is 0 Å². The van der Waals surface area contributed by atoms with E-state index in [1.165, 1.54) is 0 Å². The highest BCUT2D eigenvalue weighted by Gasteiger charge is 2.06. The van der Waals surface area contributed by atoms with E-state index >= 15 is 0 Å². The number of thiazole rings is 1. The summed E-state index contributed by atoms with van der Waals surface area (Å²) < 4.78 is 0. The van der Waals surface area contributed by atoms with Gasteiger partial charge in [0.15, 0.2) is 11.1 Å². The van der Waals surface area contributed by atoms with Crippen molar-refractivity contribution in [3.8, 4) is 0 Å². The van der Waals surface area contributed by atoms with Crippen molar-refractivity contribution in [3.63, 3.8) is 0 Å². The minimum absolute atomic E-state index is 0.837. The van der Waals surface area contributed by atoms with Crippen LogP contribution in [0.1, 0.15) is 5.69 Å². The molecule has 1 aromatic heterocycles. The number of nitrogens with zero attached hydrogens (tertiary/aromatic N) is 2. The molecule has 0 atom stereocenters. The molecular weight excluding hydrogens is 172 g/mol. The number of aromatic nitrogens is 1. The monoisotopic (exact) mass is 182 g/mol. The third kappa shape index (κ3) is 1.55. The van der Waals surface area contributed by atoms with E-state index in [-0.39, 0.29) is 0 Å². The number of guanidine groups is 1. The van der Waals surface area contributed by atoms with Crippen molar-refractivity contribution < 1.29 is 0 Å². The van der Waals surface area contributed by atoms with Crippen molar-refractivity contribution in [2.24, 2.45) is 4.99 Å². The predicted molar refractivity (Wildman–Crippen MR) is 50.8 cm³/mol. The van der Waals surface area contributed by atoms with Crippen molar-refractivity contribution in [1.29, 1.82) is 0 Å². The molecule has 0 unspecified atom stereocenters. The Labute approximate surface area is 74.7 Å². The molecule has 2 heterocycles. The lowest BCUT2D eigenvalue weighted by Gasteiger charge is -2.00. The Morgan fingerprint density at radius 2 is 2.58 bits per heavy atom. The van der Waals surface area contributed by atoms with E-state index in [1.807, 2.05) is 12.3 Å². The van der Waals surface area contributed by atoms with Gasteiger partial charge in [0.25, 0.3) is 0 Å². The van der Waals surface area contributed by atoms with E-state index in [9.17, 15) is 0 Å². The van der Waals surface area contributed by atoms with Gasteiger partial charge in [-0.3, -0.25) is 4.99 Å². The van der Waals surface area contributed by atoms with Crippen molar-refractivity contribution in [1.82, 2.24) is 10.3 Å². The second-order valence-corrected chi connectivity index (χ2v) is 3.43. The highest BCUT2D eigenvalue weighted by atomic mass is 32.1. The summed E-state index contributed by atoms with van der Waals surface area (Å²) in [6.45, 7) is 3.75. The molecule has 1 aliphatic heterocycles. The minimum atomic E-state index is 0.837. The van der Waals surface area contributed by atoms with Crippen LogP contribution in [0.4, 0.5) is 5.13 Å². The molecule has 5 heteroatoms. The molecule has 0 radical (unpaired) electrons. The maximum Gasteiger partial charge on any atom is 0.197 e. The fraction of sp³-hybridized carbons (Fsp3) is 0.429. The summed E-state index contributed by atoms with van der Waals surface area (Å²) in [6, 6.07) is 0. The Hall–Kier alpha value is -1.10. The van der Waals surface area contributed by atoms with E-state index in [2.05, 4.69) is 20.6 Å². The molecule has 0 aromatic carbocycles. The van der Waals surface area contributed by atoms with Gasteiger partial charge in [0.1, 0.15) is 0 Å². The van der Waals surface area contributed by atoms with Crippen molar-refractivity contribution >= 4 is 22.4 Å². The number of aryl methyl sites for hydroxylation is 1. The Kier molecular flexibility index (Phi) is 1.95. The first-order valence-electron chi connectivity index (χ1n) is 3.82. The molecule has 64 valence electrons. The third-order valence-corrected chi connectivity index (χ3v) is 2.39. The first-order chi connectivity index (χ1) is 5.84. The van der Waals surface area contributed by atoms with Crippen LogP contribution in [-0.4, -0.2) is 24.0 Å². The van der Waals surface area contributed by atoms with Crippen LogP contribution < -0.4 is 10.6 Å². The quantitative estimate of drug-likeness (QED) is 0.676. The van der Waals surface area contributed by atoms with Crippen LogP contribution in [0.5, 0.6) is 0 Å². The molecule has 1 aromatic rings. The van der Waals surface area contributed by atoms with Gasteiger partial charge in [0, 0.05) is 11.9 Å². The van der Waals surface area contributed by atoms with E-state index in [0.29, 0.717) is 0 Å². The fourth-order valence-corrected chi connectivity index (χ4v) is 1.68. The molecule has 4 nitrogen and oxygen atoms in total. The average molecular weight is 182 g/mol. The lowest BCUT2D eigenvalue weighted by Crippen LogP contribution is -2.26. The van der Waals surface area contributed by atoms with Gasteiger partial charge in [0.05, 0.1) is 12.2 Å². The van der Waals surface area contributed by atoms with E-state index in [1.54, 1.807) is 11.3 Å². The van der Waals surface area contributed by atoms with Crippen LogP contribution in [0.25, 0.3) is 0 Å². The average Bonchev–Trinajstić information content (AvgIpc) is 2.63. The maximum atomic E-state index is 4.26. The van der Waals surface area contributed by atoms with Crippen molar-refractivity contribution in [3.05, 3.63) is 11.1 Å². The zero-order valence-electron chi connectivity index (χ0n) is 6.79. The number of aliphatic imine (C=N–C) groups is 1. The zero-order chi connectivity index (χ0) is 8.39. The Balaban J connectivity index is 2.03. The molecule has 0 bridgehead atoms. The Morgan fingerprint density at radius 3 is 3.17 bits per heavy atom. The van der Waals surface area contributed by atoms with E-state index < -0.39 is 0 Å². The molecule has 0 aliphatic carbocycles. The molecule has 2 N–H and O–H groups in total. The first kappa shape index (κ1) is 7.54. The van der Waals surface area contributed by atoms with Gasteiger partial charge in [-0.05, 0) is 6.92 Å². The molecule has 0 saturated carbocycles. The standard InChI is InChI=1S/C7H10N4S/c1-5-4-12-7(10-5)11-6-8-2-3-9-6/h4H,2-3H2,1H3,(H2,8,9,10,11). The largest absolute Gasteiger partial charge is 0.354 e. The molecular formula is C7H10N4S. The minimum Gasteiger partial charge on any atom is -0.354 e. The van der Waals surface area contributed by atoms with Crippen LogP contribution in [0.3, 0.4) is 0 Å². The van der Waals surface area contributed by atoms with Crippen LogP contribution in [0.2, 0.25) is 0 Å². The Bertz CT molecular complexity index is 304. The lowest BCUT2D eigenvalue weighted by atomic mass is 10.6. The van der Waals surface area contributed by atoms with Gasteiger partial charge in [-0.25, -0.2) is 4.98 Å². The van der Waals surface area contributed by atoms with Gasteiger partial charge in [-0.2, -0.15) is 0 Å². The highest BCUT2D eigenvalue weighted by Crippen LogP contribution is 2.14. The van der Waals surface area contributed by atoms with Crippen molar-refractivity contribution in [2.45, 2.75) is 6.92 Å². The number of rotatable bonds is 1. The molecule has 0 spiro atoms. The Morgan fingerprint density at radius 1 is 1.67 bits per heavy atom.